The maximum absolute atomic E-state index is 12.4. The number of benzene rings is 1. The highest BCUT2D eigenvalue weighted by Gasteiger charge is 2.50. The van der Waals surface area contributed by atoms with E-state index in [0.29, 0.717) is 5.56 Å². The molecule has 0 spiro atoms. The average Bonchev–Trinajstić information content (AvgIpc) is 2.85. The summed E-state index contributed by atoms with van der Waals surface area (Å²) in [7, 11) is 0. The highest BCUT2D eigenvalue weighted by molar-refractivity contribution is 6.03. The third kappa shape index (κ3) is 3.27. The van der Waals surface area contributed by atoms with Gasteiger partial charge in [-0.15, -0.1) is 0 Å². The minimum atomic E-state index is -1.19. The zero-order valence-corrected chi connectivity index (χ0v) is 15.0. The summed E-state index contributed by atoms with van der Waals surface area (Å²) in [4.78, 5) is 28.5. The van der Waals surface area contributed by atoms with Crippen molar-refractivity contribution >= 4 is 11.7 Å². The molecule has 1 unspecified atom stereocenters. The number of ether oxygens (including phenoxy) is 1. The van der Waals surface area contributed by atoms with E-state index in [2.05, 4.69) is 10.3 Å². The molecule has 1 fully saturated rings. The smallest absolute Gasteiger partial charge is 0.351 e. The molecule has 138 valence electrons. The predicted octanol–water partition coefficient (Wildman–Crippen LogP) is 2.19. The van der Waals surface area contributed by atoms with Gasteiger partial charge in [-0.25, -0.2) is 4.79 Å². The summed E-state index contributed by atoms with van der Waals surface area (Å²) < 4.78 is 7.15. The fraction of sp³-hybridized carbons (Fsp3) is 0.421. The molecule has 2 N–H and O–H groups in total. The van der Waals surface area contributed by atoms with Crippen LogP contribution >= 0.6 is 0 Å². The van der Waals surface area contributed by atoms with E-state index in [-0.39, 0.29) is 23.7 Å². The second-order valence-electron chi connectivity index (χ2n) is 6.77. The lowest BCUT2D eigenvalue weighted by molar-refractivity contribution is -0.0875. The molecule has 26 heavy (non-hydrogen) atoms. The van der Waals surface area contributed by atoms with Gasteiger partial charge in [0.25, 0.3) is 5.91 Å². The molecule has 4 atom stereocenters. The third-order valence-corrected chi connectivity index (χ3v) is 5.05. The fourth-order valence-electron chi connectivity index (χ4n) is 3.26. The quantitative estimate of drug-likeness (QED) is 0.875. The highest BCUT2D eigenvalue weighted by atomic mass is 16.5. The van der Waals surface area contributed by atoms with Crippen molar-refractivity contribution in [3.05, 3.63) is 58.6 Å². The van der Waals surface area contributed by atoms with Crippen molar-refractivity contribution in [2.75, 3.05) is 5.32 Å². The summed E-state index contributed by atoms with van der Waals surface area (Å²) in [6.45, 7) is 5.54. The topological polar surface area (TPSA) is 93.5 Å². The number of carbonyl (C=O) groups is 1. The molecular formula is C19H23N3O4. The van der Waals surface area contributed by atoms with Crippen molar-refractivity contribution in [3.8, 4) is 0 Å². The van der Waals surface area contributed by atoms with Crippen LogP contribution in [0.3, 0.4) is 0 Å². The number of hydrogen-bond acceptors (Lipinski definition) is 5. The Morgan fingerprint density at radius 2 is 2.04 bits per heavy atom. The number of anilines is 1. The van der Waals surface area contributed by atoms with E-state index in [4.69, 9.17) is 4.74 Å². The molecule has 7 heteroatoms. The Bertz CT molecular complexity index is 847. The van der Waals surface area contributed by atoms with Gasteiger partial charge in [0, 0.05) is 17.7 Å². The second-order valence-corrected chi connectivity index (χ2v) is 6.77. The van der Waals surface area contributed by atoms with Crippen LogP contribution < -0.4 is 11.0 Å². The van der Waals surface area contributed by atoms with Crippen molar-refractivity contribution in [2.24, 2.45) is 5.92 Å². The van der Waals surface area contributed by atoms with Crippen molar-refractivity contribution < 1.29 is 14.6 Å². The molecule has 0 aliphatic carbocycles. The van der Waals surface area contributed by atoms with Crippen molar-refractivity contribution in [1.29, 1.82) is 0 Å². The lowest BCUT2D eigenvalue weighted by Crippen LogP contribution is -2.41. The van der Waals surface area contributed by atoms with Crippen LogP contribution in [-0.2, 0) is 4.74 Å². The highest BCUT2D eigenvalue weighted by Crippen LogP contribution is 2.42. The maximum atomic E-state index is 12.4. The number of aliphatic hydroxyl groups is 1. The molecule has 0 radical (unpaired) electrons. The van der Waals surface area contributed by atoms with Crippen LogP contribution in [0.25, 0.3) is 0 Å². The number of nitrogens with zero attached hydrogens (tertiary/aromatic N) is 2. The van der Waals surface area contributed by atoms with E-state index in [0.717, 1.165) is 6.42 Å². The molecule has 2 aromatic rings. The molecule has 0 saturated carbocycles. The number of amides is 1. The Labute approximate surface area is 151 Å². The summed E-state index contributed by atoms with van der Waals surface area (Å²) in [6, 6.07) is 10.2. The second kappa shape index (κ2) is 7.01. The van der Waals surface area contributed by atoms with Crippen LogP contribution in [0, 0.1) is 5.92 Å². The summed E-state index contributed by atoms with van der Waals surface area (Å²) >= 11 is 0. The zero-order chi connectivity index (χ0) is 18.9. The predicted molar refractivity (Wildman–Crippen MR) is 96.9 cm³/mol. The molecule has 1 aromatic carbocycles. The minimum Gasteiger partial charge on any atom is -0.385 e. The third-order valence-electron chi connectivity index (χ3n) is 5.05. The summed E-state index contributed by atoms with van der Waals surface area (Å²) in [5.41, 5.74) is -1.31. The first-order chi connectivity index (χ1) is 12.3. The molecule has 7 nitrogen and oxygen atoms in total. The normalized spacial score (nSPS) is 28.1. The Kier molecular flexibility index (Phi) is 4.93. The lowest BCUT2D eigenvalue weighted by atomic mass is 9.87. The van der Waals surface area contributed by atoms with E-state index < -0.39 is 17.5 Å². The molecule has 0 bridgehead atoms. The van der Waals surface area contributed by atoms with E-state index in [1.54, 1.807) is 31.2 Å². The van der Waals surface area contributed by atoms with Crippen LogP contribution in [0.15, 0.2) is 47.4 Å². The summed E-state index contributed by atoms with van der Waals surface area (Å²) in [5, 5.41) is 13.4. The van der Waals surface area contributed by atoms with E-state index in [1.807, 2.05) is 19.9 Å². The molecule has 1 aromatic heterocycles. The van der Waals surface area contributed by atoms with Gasteiger partial charge in [0.2, 0.25) is 0 Å². The minimum absolute atomic E-state index is 0.123. The van der Waals surface area contributed by atoms with Crippen LogP contribution in [0.1, 0.15) is 43.8 Å². The number of rotatable bonds is 4. The first-order valence-electron chi connectivity index (χ1n) is 8.68. The number of hydrogen-bond donors (Lipinski definition) is 2. The Hall–Kier alpha value is -2.51. The fourth-order valence-corrected chi connectivity index (χ4v) is 3.26. The standard InChI is InChI=1S/C19H23N3O4/c1-4-14-12(2)19(3,25)17(26-14)22-11-10-15(21-18(22)24)20-16(23)13-8-6-5-7-9-13/h5-12,14,17,25H,4H2,1-3H3,(H,20,21,23,24)/t12-,14+,17+,19?/m0/s1. The van der Waals surface area contributed by atoms with Crippen molar-refractivity contribution in [1.82, 2.24) is 9.55 Å². The Balaban J connectivity index is 1.82. The molecule has 1 saturated heterocycles. The van der Waals surface area contributed by atoms with Gasteiger partial charge >= 0.3 is 5.69 Å². The molecule has 3 rings (SSSR count). The molecular weight excluding hydrogens is 334 g/mol. The van der Waals surface area contributed by atoms with Crippen molar-refractivity contribution in [3.63, 3.8) is 0 Å². The van der Waals surface area contributed by atoms with E-state index in [1.165, 1.54) is 16.8 Å². The Morgan fingerprint density at radius 1 is 1.35 bits per heavy atom. The van der Waals surface area contributed by atoms with Gasteiger partial charge in [-0.2, -0.15) is 4.98 Å². The van der Waals surface area contributed by atoms with E-state index in [9.17, 15) is 14.7 Å². The van der Waals surface area contributed by atoms with Gasteiger partial charge in [-0.1, -0.05) is 32.0 Å². The van der Waals surface area contributed by atoms with Crippen LogP contribution in [0.2, 0.25) is 0 Å². The van der Waals surface area contributed by atoms with Crippen LogP contribution in [-0.4, -0.2) is 32.3 Å². The van der Waals surface area contributed by atoms with Gasteiger partial charge in [0.15, 0.2) is 6.23 Å². The molecule has 1 aliphatic heterocycles. The van der Waals surface area contributed by atoms with Gasteiger partial charge in [-0.05, 0) is 31.5 Å². The lowest BCUT2D eigenvalue weighted by Gasteiger charge is -2.28. The maximum Gasteiger partial charge on any atom is 0.351 e. The first kappa shape index (κ1) is 18.3. The Morgan fingerprint density at radius 3 is 2.62 bits per heavy atom. The summed E-state index contributed by atoms with van der Waals surface area (Å²) in [5.74, 6) is -0.321. The SMILES string of the molecule is CC[C@H]1O[C@@H](n2ccc(NC(=O)c3ccccc3)nc2=O)C(C)(O)[C@H]1C. The number of aromatic nitrogens is 2. The zero-order valence-electron chi connectivity index (χ0n) is 15.0. The largest absolute Gasteiger partial charge is 0.385 e. The van der Waals surface area contributed by atoms with E-state index >= 15 is 0 Å². The van der Waals surface area contributed by atoms with Gasteiger partial charge in [0.05, 0.1) is 6.10 Å². The molecule has 1 aliphatic rings. The summed E-state index contributed by atoms with van der Waals surface area (Å²) in [6.07, 6.45) is 1.27. The average molecular weight is 357 g/mol. The van der Waals surface area contributed by atoms with Gasteiger partial charge < -0.3 is 15.2 Å². The number of carbonyl (C=O) groups excluding carboxylic acids is 1. The first-order valence-corrected chi connectivity index (χ1v) is 8.68. The molecule has 1 amide bonds. The van der Waals surface area contributed by atoms with Crippen molar-refractivity contribution in [2.45, 2.75) is 45.1 Å². The van der Waals surface area contributed by atoms with Gasteiger partial charge in [0.1, 0.15) is 11.4 Å². The molecule has 2 heterocycles. The number of nitrogens with one attached hydrogen (secondary N) is 1. The van der Waals surface area contributed by atoms with Crippen LogP contribution in [0.5, 0.6) is 0 Å². The monoisotopic (exact) mass is 357 g/mol. The van der Waals surface area contributed by atoms with Gasteiger partial charge in [-0.3, -0.25) is 9.36 Å². The van der Waals surface area contributed by atoms with Crippen LogP contribution in [0.4, 0.5) is 5.82 Å².